The Balaban J connectivity index is 2.53. The van der Waals surface area contributed by atoms with E-state index in [9.17, 15) is 4.79 Å². The van der Waals surface area contributed by atoms with Crippen molar-refractivity contribution >= 4 is 17.7 Å². The van der Waals surface area contributed by atoms with Gasteiger partial charge in [-0.1, -0.05) is 0 Å². The second-order valence-corrected chi connectivity index (χ2v) is 4.47. The van der Waals surface area contributed by atoms with Crippen LogP contribution in [0, 0.1) is 6.92 Å². The van der Waals surface area contributed by atoms with E-state index in [0.717, 1.165) is 29.3 Å². The number of carbonyl (C=O) groups is 1. The predicted octanol–water partition coefficient (Wildman–Crippen LogP) is 0.774. The highest BCUT2D eigenvalue weighted by molar-refractivity contribution is 7.98. The lowest BCUT2D eigenvalue weighted by molar-refractivity contribution is 0.0924. The molecule has 5 nitrogen and oxygen atoms in total. The van der Waals surface area contributed by atoms with Gasteiger partial charge in [-0.3, -0.25) is 10.2 Å². The molecule has 0 aromatic carbocycles. The number of thioether (sulfide) groups is 1. The van der Waals surface area contributed by atoms with Gasteiger partial charge >= 0.3 is 5.91 Å². The van der Waals surface area contributed by atoms with Crippen molar-refractivity contribution in [3.63, 3.8) is 0 Å². The lowest BCUT2D eigenvalue weighted by Gasteiger charge is -1.98. The fourth-order valence-electron chi connectivity index (χ4n) is 1.21. The van der Waals surface area contributed by atoms with E-state index in [1.165, 1.54) is 0 Å². The van der Waals surface area contributed by atoms with E-state index in [4.69, 9.17) is 16.0 Å². The molecule has 0 aliphatic carbocycles. The first-order valence-electron chi connectivity index (χ1n) is 5.07. The number of nitrogens with one attached hydrogen (secondary N) is 1. The number of nitrogens with two attached hydrogens (primary N) is 2. The van der Waals surface area contributed by atoms with Gasteiger partial charge in [0.1, 0.15) is 5.76 Å². The van der Waals surface area contributed by atoms with Gasteiger partial charge in [0.25, 0.3) is 0 Å². The molecule has 16 heavy (non-hydrogen) atoms. The highest BCUT2D eigenvalue weighted by atomic mass is 32.2. The van der Waals surface area contributed by atoms with Gasteiger partial charge in [-0.15, -0.1) is 0 Å². The molecule has 0 saturated carbocycles. The molecule has 1 aromatic heterocycles. The topological polar surface area (TPSA) is 94.3 Å². The van der Waals surface area contributed by atoms with Crippen molar-refractivity contribution in [3.8, 4) is 0 Å². The summed E-state index contributed by atoms with van der Waals surface area (Å²) in [6.07, 6.45) is 0.998. The van der Waals surface area contributed by atoms with Crippen LogP contribution in [0.5, 0.6) is 0 Å². The number of aryl methyl sites for hydroxylation is 1. The quantitative estimate of drug-likeness (QED) is 0.297. The summed E-state index contributed by atoms with van der Waals surface area (Å²) in [5, 5.41) is 0. The molecule has 0 spiro atoms. The minimum atomic E-state index is -0.402. The number of amides is 1. The third kappa shape index (κ3) is 3.55. The smallest absolute Gasteiger partial charge is 0.300 e. The molecule has 5 N–H and O–H groups in total. The van der Waals surface area contributed by atoms with Crippen molar-refractivity contribution in [1.29, 1.82) is 0 Å². The van der Waals surface area contributed by atoms with E-state index >= 15 is 0 Å². The summed E-state index contributed by atoms with van der Waals surface area (Å²) in [5.74, 6) is 7.48. The third-order valence-corrected chi connectivity index (χ3v) is 3.22. The van der Waals surface area contributed by atoms with E-state index in [1.807, 2.05) is 12.3 Å². The molecule has 1 heterocycles. The maximum atomic E-state index is 11.2. The minimum absolute atomic E-state index is 0.259. The van der Waals surface area contributed by atoms with Gasteiger partial charge in [0.15, 0.2) is 5.76 Å². The lowest BCUT2D eigenvalue weighted by atomic mass is 10.3. The first-order valence-corrected chi connectivity index (χ1v) is 6.22. The second kappa shape index (κ2) is 6.57. The SMILES string of the molecule is Cc1oc(C(=O)NN)cc1CSCCCN. The van der Waals surface area contributed by atoms with Crippen LogP contribution in [0.1, 0.15) is 28.3 Å². The number of rotatable bonds is 6. The summed E-state index contributed by atoms with van der Waals surface area (Å²) in [6, 6.07) is 1.73. The number of hydrazine groups is 1. The molecule has 90 valence electrons. The summed E-state index contributed by atoms with van der Waals surface area (Å²) in [5.41, 5.74) is 8.47. The molecule has 0 unspecified atom stereocenters. The van der Waals surface area contributed by atoms with E-state index in [1.54, 1.807) is 17.8 Å². The fourth-order valence-corrected chi connectivity index (χ4v) is 2.24. The van der Waals surface area contributed by atoms with Crippen molar-refractivity contribution in [1.82, 2.24) is 5.43 Å². The molecule has 1 aromatic rings. The molecular formula is C10H17N3O2S. The van der Waals surface area contributed by atoms with E-state index in [-0.39, 0.29) is 5.76 Å². The normalized spacial score (nSPS) is 10.4. The summed E-state index contributed by atoms with van der Waals surface area (Å²) in [6.45, 7) is 2.55. The van der Waals surface area contributed by atoms with Crippen LogP contribution in [0.25, 0.3) is 0 Å². The fraction of sp³-hybridized carbons (Fsp3) is 0.500. The standard InChI is InChI=1S/C10H17N3O2S/c1-7-8(6-16-4-2-3-11)5-9(15-7)10(14)13-12/h5H,2-4,6,11-12H2,1H3,(H,13,14). The van der Waals surface area contributed by atoms with Crippen molar-refractivity contribution in [3.05, 3.63) is 23.2 Å². The van der Waals surface area contributed by atoms with E-state index in [0.29, 0.717) is 6.54 Å². The predicted molar refractivity (Wildman–Crippen MR) is 64.9 cm³/mol. The molecule has 1 amide bonds. The highest BCUT2D eigenvalue weighted by Gasteiger charge is 2.12. The molecule has 0 aliphatic rings. The summed E-state index contributed by atoms with van der Waals surface area (Å²) in [4.78, 5) is 11.2. The second-order valence-electron chi connectivity index (χ2n) is 3.36. The Bertz CT molecular complexity index is 352. The molecular weight excluding hydrogens is 226 g/mol. The van der Waals surface area contributed by atoms with Crippen LogP contribution in [-0.2, 0) is 5.75 Å². The molecule has 0 bridgehead atoms. The van der Waals surface area contributed by atoms with Crippen LogP contribution in [-0.4, -0.2) is 18.2 Å². The molecule has 1 rings (SSSR count). The maximum absolute atomic E-state index is 11.2. The van der Waals surface area contributed by atoms with Gasteiger partial charge in [-0.05, 0) is 31.7 Å². The van der Waals surface area contributed by atoms with E-state index in [2.05, 4.69) is 0 Å². The summed E-state index contributed by atoms with van der Waals surface area (Å²) in [7, 11) is 0. The molecule has 0 atom stereocenters. The first kappa shape index (κ1) is 13.1. The minimum Gasteiger partial charge on any atom is -0.456 e. The number of carbonyl (C=O) groups excluding carboxylic acids is 1. The van der Waals surface area contributed by atoms with Gasteiger partial charge in [-0.2, -0.15) is 11.8 Å². The Morgan fingerprint density at radius 1 is 1.62 bits per heavy atom. The van der Waals surface area contributed by atoms with Gasteiger partial charge < -0.3 is 10.2 Å². The van der Waals surface area contributed by atoms with Crippen molar-refractivity contribution in [2.24, 2.45) is 11.6 Å². The van der Waals surface area contributed by atoms with Gasteiger partial charge in [0.05, 0.1) is 0 Å². The number of hydrogen-bond donors (Lipinski definition) is 3. The van der Waals surface area contributed by atoms with Crippen LogP contribution >= 0.6 is 11.8 Å². The zero-order valence-electron chi connectivity index (χ0n) is 9.29. The lowest BCUT2D eigenvalue weighted by Crippen LogP contribution is -2.29. The number of furan rings is 1. The molecule has 0 aliphatic heterocycles. The van der Waals surface area contributed by atoms with Gasteiger partial charge in [0.2, 0.25) is 0 Å². The number of hydrogen-bond acceptors (Lipinski definition) is 5. The highest BCUT2D eigenvalue weighted by Crippen LogP contribution is 2.20. The van der Waals surface area contributed by atoms with Crippen molar-refractivity contribution < 1.29 is 9.21 Å². The zero-order valence-corrected chi connectivity index (χ0v) is 10.1. The zero-order chi connectivity index (χ0) is 12.0. The van der Waals surface area contributed by atoms with Crippen LogP contribution in [0.2, 0.25) is 0 Å². The monoisotopic (exact) mass is 243 g/mol. The van der Waals surface area contributed by atoms with Gasteiger partial charge in [-0.25, -0.2) is 5.84 Å². The van der Waals surface area contributed by atoms with Crippen molar-refractivity contribution in [2.75, 3.05) is 12.3 Å². The maximum Gasteiger partial charge on any atom is 0.300 e. The average Bonchev–Trinajstić information content (AvgIpc) is 2.65. The van der Waals surface area contributed by atoms with E-state index < -0.39 is 5.91 Å². The Labute approximate surface area is 98.9 Å². The molecule has 0 fully saturated rings. The summed E-state index contributed by atoms with van der Waals surface area (Å²) >= 11 is 1.77. The number of nitrogen functional groups attached to an aromatic ring is 1. The largest absolute Gasteiger partial charge is 0.456 e. The van der Waals surface area contributed by atoms with Gasteiger partial charge in [0, 0.05) is 11.3 Å². The van der Waals surface area contributed by atoms with Crippen molar-refractivity contribution in [2.45, 2.75) is 19.1 Å². The molecule has 6 heteroatoms. The first-order chi connectivity index (χ1) is 7.69. The Morgan fingerprint density at radius 3 is 3.00 bits per heavy atom. The molecule has 0 radical (unpaired) electrons. The Hall–Kier alpha value is -0.980. The van der Waals surface area contributed by atoms with Crippen LogP contribution < -0.4 is 17.0 Å². The molecule has 0 saturated heterocycles. The Morgan fingerprint density at radius 2 is 2.38 bits per heavy atom. The van der Waals surface area contributed by atoms with Crippen LogP contribution in [0.4, 0.5) is 0 Å². The van der Waals surface area contributed by atoms with Crippen LogP contribution in [0.15, 0.2) is 10.5 Å². The van der Waals surface area contributed by atoms with Crippen LogP contribution in [0.3, 0.4) is 0 Å². The average molecular weight is 243 g/mol. The Kier molecular flexibility index (Phi) is 5.37. The third-order valence-electron chi connectivity index (χ3n) is 2.13. The summed E-state index contributed by atoms with van der Waals surface area (Å²) < 4.78 is 5.29.